The van der Waals surface area contributed by atoms with Crippen molar-refractivity contribution in [3.8, 4) is 0 Å². The van der Waals surface area contributed by atoms with Gasteiger partial charge in [0.25, 0.3) is 0 Å². The van der Waals surface area contributed by atoms with Gasteiger partial charge in [-0.3, -0.25) is 0 Å². The first-order valence-electron chi connectivity index (χ1n) is 4.54. The number of hydrogen-bond donors (Lipinski definition) is 0. The van der Waals surface area contributed by atoms with Crippen molar-refractivity contribution in [3.63, 3.8) is 0 Å². The minimum atomic E-state index is -0.107. The lowest BCUT2D eigenvalue weighted by Crippen LogP contribution is -2.31. The van der Waals surface area contributed by atoms with Crippen molar-refractivity contribution >= 4 is 23.8 Å². The third-order valence-electron chi connectivity index (χ3n) is 1.87. The van der Waals surface area contributed by atoms with Crippen LogP contribution in [0.15, 0.2) is 9.98 Å². The van der Waals surface area contributed by atoms with Crippen LogP contribution in [-0.2, 0) is 4.74 Å². The zero-order valence-electron chi connectivity index (χ0n) is 8.20. The molecule has 1 aliphatic rings. The Bertz CT molecular complexity index is 226. The summed E-state index contributed by atoms with van der Waals surface area (Å²) < 4.78 is 5.20. The first kappa shape index (κ1) is 10.5. The second-order valence-electron chi connectivity index (χ2n) is 3.30. The number of halogens is 1. The van der Waals surface area contributed by atoms with E-state index in [-0.39, 0.29) is 11.4 Å². The van der Waals surface area contributed by atoms with E-state index in [4.69, 9.17) is 16.3 Å². The van der Waals surface area contributed by atoms with Gasteiger partial charge in [-0.15, -0.1) is 11.6 Å². The van der Waals surface area contributed by atoms with Crippen molar-refractivity contribution in [1.29, 1.82) is 0 Å². The van der Waals surface area contributed by atoms with Crippen LogP contribution >= 0.6 is 11.6 Å². The molecule has 13 heavy (non-hydrogen) atoms. The van der Waals surface area contributed by atoms with Gasteiger partial charge in [0.1, 0.15) is 0 Å². The minimum absolute atomic E-state index is 0.0840. The zero-order valence-corrected chi connectivity index (χ0v) is 8.95. The van der Waals surface area contributed by atoms with Crippen LogP contribution in [0.1, 0.15) is 20.8 Å². The molecule has 0 aromatic heterocycles. The molecular weight excluding hydrogens is 188 g/mol. The summed E-state index contributed by atoms with van der Waals surface area (Å²) in [7, 11) is 0. The summed E-state index contributed by atoms with van der Waals surface area (Å²) in [6.45, 7) is 6.68. The van der Waals surface area contributed by atoms with E-state index in [1.54, 1.807) is 6.21 Å². The smallest absolute Gasteiger partial charge is 0.311 e. The van der Waals surface area contributed by atoms with Gasteiger partial charge < -0.3 is 4.74 Å². The van der Waals surface area contributed by atoms with Crippen molar-refractivity contribution < 1.29 is 4.74 Å². The van der Waals surface area contributed by atoms with Crippen molar-refractivity contribution in [2.75, 3.05) is 6.61 Å². The van der Waals surface area contributed by atoms with Gasteiger partial charge in [0.2, 0.25) is 0 Å². The van der Waals surface area contributed by atoms with E-state index in [1.165, 1.54) is 0 Å². The first-order chi connectivity index (χ1) is 6.15. The fraction of sp³-hybridized carbons (Fsp3) is 0.778. The van der Waals surface area contributed by atoms with E-state index in [9.17, 15) is 0 Å². The van der Waals surface area contributed by atoms with E-state index in [0.29, 0.717) is 18.5 Å². The molecule has 1 aliphatic heterocycles. The predicted molar refractivity (Wildman–Crippen MR) is 55.8 cm³/mol. The number of ether oxygens (including phenoxy) is 1. The molecule has 1 heterocycles. The highest BCUT2D eigenvalue weighted by molar-refractivity contribution is 6.29. The maximum atomic E-state index is 6.03. The lowest BCUT2D eigenvalue weighted by molar-refractivity contribution is 0.314. The van der Waals surface area contributed by atoms with Crippen LogP contribution in [0.4, 0.5) is 0 Å². The molecule has 0 spiro atoms. The quantitative estimate of drug-likeness (QED) is 0.632. The van der Waals surface area contributed by atoms with E-state index >= 15 is 0 Å². The van der Waals surface area contributed by atoms with Crippen LogP contribution in [0.5, 0.6) is 0 Å². The van der Waals surface area contributed by atoms with E-state index in [2.05, 4.69) is 23.8 Å². The summed E-state index contributed by atoms with van der Waals surface area (Å²) in [4.78, 5) is 8.32. The molecule has 0 aromatic rings. The van der Waals surface area contributed by atoms with Gasteiger partial charge in [-0.2, -0.15) is 0 Å². The number of alkyl halides is 1. The summed E-state index contributed by atoms with van der Waals surface area (Å²) in [6.07, 6.45) is 1.70. The largest absolute Gasteiger partial charge is 0.464 e. The van der Waals surface area contributed by atoms with Gasteiger partial charge in [0.05, 0.1) is 18.0 Å². The van der Waals surface area contributed by atoms with E-state index in [1.807, 2.05) is 6.92 Å². The number of nitrogens with zero attached hydrogens (tertiary/aromatic N) is 2. The molecule has 0 aromatic carbocycles. The van der Waals surface area contributed by atoms with Crippen LogP contribution in [-0.4, -0.2) is 30.3 Å². The molecule has 0 radical (unpaired) electrons. The Morgan fingerprint density at radius 1 is 1.62 bits per heavy atom. The lowest BCUT2D eigenvalue weighted by atomic mass is 10.0. The van der Waals surface area contributed by atoms with Gasteiger partial charge in [0, 0.05) is 6.21 Å². The third-order valence-corrected chi connectivity index (χ3v) is 2.24. The van der Waals surface area contributed by atoms with Gasteiger partial charge in [0.15, 0.2) is 0 Å². The Hall–Kier alpha value is -0.570. The molecule has 0 N–H and O–H groups in total. The molecule has 0 saturated heterocycles. The fourth-order valence-electron chi connectivity index (χ4n) is 1.18. The molecule has 4 heteroatoms. The molecule has 74 valence electrons. The number of amidine groups is 1. The molecule has 0 saturated carbocycles. The molecule has 1 rings (SSSR count). The van der Waals surface area contributed by atoms with Gasteiger partial charge in [-0.25, -0.2) is 9.98 Å². The van der Waals surface area contributed by atoms with Crippen LogP contribution < -0.4 is 0 Å². The van der Waals surface area contributed by atoms with E-state index < -0.39 is 0 Å². The summed E-state index contributed by atoms with van der Waals surface area (Å²) in [5.41, 5.74) is 0. The van der Waals surface area contributed by atoms with Crippen molar-refractivity contribution in [3.05, 3.63) is 0 Å². The summed E-state index contributed by atoms with van der Waals surface area (Å²) in [5.74, 6) is 0.407. The highest BCUT2D eigenvalue weighted by Crippen LogP contribution is 2.18. The normalized spacial score (nSPS) is 27.6. The lowest BCUT2D eigenvalue weighted by Gasteiger charge is -2.22. The third kappa shape index (κ3) is 2.69. The molecule has 2 unspecified atom stereocenters. The van der Waals surface area contributed by atoms with Gasteiger partial charge in [-0.05, 0) is 12.8 Å². The maximum absolute atomic E-state index is 6.03. The van der Waals surface area contributed by atoms with Crippen LogP contribution in [0.25, 0.3) is 0 Å². The molecule has 0 bridgehead atoms. The highest BCUT2D eigenvalue weighted by atomic mass is 35.5. The minimum Gasteiger partial charge on any atom is -0.464 e. The van der Waals surface area contributed by atoms with Crippen LogP contribution in [0.3, 0.4) is 0 Å². The van der Waals surface area contributed by atoms with E-state index in [0.717, 1.165) is 0 Å². The average Bonchev–Trinajstić information content (AvgIpc) is 2.08. The van der Waals surface area contributed by atoms with Crippen molar-refractivity contribution in [1.82, 2.24) is 0 Å². The van der Waals surface area contributed by atoms with Gasteiger partial charge >= 0.3 is 6.02 Å². The molecule has 0 fully saturated rings. The Morgan fingerprint density at radius 3 is 2.85 bits per heavy atom. The second kappa shape index (κ2) is 4.61. The number of aliphatic imine (C=N–C) groups is 2. The van der Waals surface area contributed by atoms with Crippen LogP contribution in [0.2, 0.25) is 0 Å². The monoisotopic (exact) mass is 202 g/mol. The van der Waals surface area contributed by atoms with Crippen molar-refractivity contribution in [2.45, 2.75) is 32.2 Å². The fourth-order valence-corrected chi connectivity index (χ4v) is 1.58. The number of hydrogen-bond acceptors (Lipinski definition) is 3. The summed E-state index contributed by atoms with van der Waals surface area (Å²) in [5, 5.41) is -0.107. The standard InChI is InChI=1S/C9H15ClN2O/c1-4-13-9-11-5-7(10)8(12-9)6(2)3/h5-8H,4H2,1-3H3. The second-order valence-corrected chi connectivity index (χ2v) is 3.81. The van der Waals surface area contributed by atoms with Crippen molar-refractivity contribution in [2.24, 2.45) is 15.9 Å². The molecule has 2 atom stereocenters. The molecule has 3 nitrogen and oxygen atoms in total. The summed E-state index contributed by atoms with van der Waals surface area (Å²) in [6, 6.07) is 0.541. The summed E-state index contributed by atoms with van der Waals surface area (Å²) >= 11 is 6.03. The first-order valence-corrected chi connectivity index (χ1v) is 4.97. The Balaban J connectivity index is 2.68. The number of rotatable bonds is 2. The Kier molecular flexibility index (Phi) is 3.72. The average molecular weight is 203 g/mol. The van der Waals surface area contributed by atoms with Gasteiger partial charge in [-0.1, -0.05) is 13.8 Å². The highest BCUT2D eigenvalue weighted by Gasteiger charge is 2.24. The Labute approximate surface area is 83.9 Å². The molecule has 0 amide bonds. The molecule has 0 aliphatic carbocycles. The predicted octanol–water partition coefficient (Wildman–Crippen LogP) is 2.10. The Morgan fingerprint density at radius 2 is 2.31 bits per heavy atom. The van der Waals surface area contributed by atoms with Crippen LogP contribution in [0, 0.1) is 5.92 Å². The zero-order chi connectivity index (χ0) is 9.84. The SMILES string of the molecule is CCOC1=NC(C(C)C)C(Cl)C=N1. The molecular formula is C9H15ClN2O. The maximum Gasteiger partial charge on any atom is 0.311 e. The topological polar surface area (TPSA) is 34.0 Å².